The molecule has 1 aliphatic rings. The third kappa shape index (κ3) is 2.71. The summed E-state index contributed by atoms with van der Waals surface area (Å²) in [6.45, 7) is 4.28. The summed E-state index contributed by atoms with van der Waals surface area (Å²) < 4.78 is 23.8. The van der Waals surface area contributed by atoms with Gasteiger partial charge in [-0.05, 0) is 31.5 Å². The Morgan fingerprint density at radius 1 is 1.56 bits per heavy atom. The third-order valence-corrected chi connectivity index (χ3v) is 2.47. The Hall–Kier alpha value is -1.13. The van der Waals surface area contributed by atoms with Crippen molar-refractivity contribution in [2.45, 2.75) is 25.6 Å². The molecule has 0 spiro atoms. The normalized spacial score (nSPS) is 19.6. The second-order valence-electron chi connectivity index (χ2n) is 4.47. The third-order valence-electron chi connectivity index (χ3n) is 2.47. The summed E-state index contributed by atoms with van der Waals surface area (Å²) >= 11 is 0. The highest BCUT2D eigenvalue weighted by atomic mass is 19.1. The fourth-order valence-corrected chi connectivity index (χ4v) is 1.35. The van der Waals surface area contributed by atoms with E-state index < -0.39 is 11.4 Å². The smallest absolute Gasteiger partial charge is 0.165 e. The van der Waals surface area contributed by atoms with Crippen LogP contribution in [-0.4, -0.2) is 24.4 Å². The lowest BCUT2D eigenvalue weighted by Gasteiger charge is -2.18. The van der Waals surface area contributed by atoms with Gasteiger partial charge in [-0.1, -0.05) is 6.07 Å². The van der Waals surface area contributed by atoms with Gasteiger partial charge in [0.15, 0.2) is 11.6 Å². The molecule has 1 heterocycles. The molecule has 1 aliphatic heterocycles. The number of hydrogen-bond donors (Lipinski definition) is 1. The molecule has 0 aromatic heterocycles. The van der Waals surface area contributed by atoms with Gasteiger partial charge in [-0.25, -0.2) is 4.39 Å². The van der Waals surface area contributed by atoms with Gasteiger partial charge in [-0.3, -0.25) is 0 Å². The Labute approximate surface area is 93.8 Å². The summed E-state index contributed by atoms with van der Waals surface area (Å²) in [5.41, 5.74) is -0.515. The number of rotatable bonds is 4. The van der Waals surface area contributed by atoms with Gasteiger partial charge in [0.25, 0.3) is 0 Å². The molecule has 2 rings (SSSR count). The van der Waals surface area contributed by atoms with Gasteiger partial charge in [-0.15, -0.1) is 0 Å². The van der Waals surface area contributed by atoms with Crippen LogP contribution >= 0.6 is 0 Å². The van der Waals surface area contributed by atoms with E-state index in [1.807, 2.05) is 0 Å². The van der Waals surface area contributed by atoms with Crippen LogP contribution in [0.3, 0.4) is 0 Å². The highest BCUT2D eigenvalue weighted by Gasteiger charge is 2.24. The highest BCUT2D eigenvalue weighted by molar-refractivity contribution is 5.32. The molecule has 1 aromatic carbocycles. The lowest BCUT2D eigenvalue weighted by atomic mass is 9.98. The monoisotopic (exact) mass is 226 g/mol. The Morgan fingerprint density at radius 3 is 2.75 bits per heavy atom. The number of epoxide rings is 1. The molecule has 1 atom stereocenters. The van der Waals surface area contributed by atoms with Crippen molar-refractivity contribution >= 4 is 0 Å². The van der Waals surface area contributed by atoms with E-state index in [0.29, 0.717) is 18.8 Å². The van der Waals surface area contributed by atoms with Gasteiger partial charge in [0.05, 0.1) is 12.2 Å². The molecule has 1 aromatic rings. The summed E-state index contributed by atoms with van der Waals surface area (Å²) in [5, 5.41) is 9.70. The van der Waals surface area contributed by atoms with Crippen LogP contribution < -0.4 is 4.74 Å². The molecule has 0 saturated carbocycles. The van der Waals surface area contributed by atoms with E-state index in [1.54, 1.807) is 19.9 Å². The van der Waals surface area contributed by atoms with Crippen molar-refractivity contribution in [1.29, 1.82) is 0 Å². The second kappa shape index (κ2) is 4.03. The predicted octanol–water partition coefficient (Wildman–Crippen LogP) is 1.83. The summed E-state index contributed by atoms with van der Waals surface area (Å²) in [6.07, 6.45) is 0.105. The number of halogens is 1. The zero-order valence-corrected chi connectivity index (χ0v) is 9.37. The van der Waals surface area contributed by atoms with E-state index in [4.69, 9.17) is 9.47 Å². The van der Waals surface area contributed by atoms with Crippen molar-refractivity contribution in [2.75, 3.05) is 13.2 Å². The molecule has 1 N–H and O–H groups in total. The first-order chi connectivity index (χ1) is 7.47. The summed E-state index contributed by atoms with van der Waals surface area (Å²) in [6, 6.07) is 4.49. The van der Waals surface area contributed by atoms with Crippen LogP contribution in [0.5, 0.6) is 5.75 Å². The molecule has 0 amide bonds. The van der Waals surface area contributed by atoms with Crippen molar-refractivity contribution in [3.63, 3.8) is 0 Å². The molecule has 16 heavy (non-hydrogen) atoms. The molecule has 0 bridgehead atoms. The molecule has 1 fully saturated rings. The lowest BCUT2D eigenvalue weighted by molar-refractivity contribution is 0.0781. The maximum atomic E-state index is 13.6. The van der Waals surface area contributed by atoms with Crippen molar-refractivity contribution in [2.24, 2.45) is 0 Å². The molecular weight excluding hydrogens is 211 g/mol. The summed E-state index contributed by atoms with van der Waals surface area (Å²) in [5.74, 6) is -0.260. The number of ether oxygens (including phenoxy) is 2. The average molecular weight is 226 g/mol. The quantitative estimate of drug-likeness (QED) is 0.796. The predicted molar refractivity (Wildman–Crippen MR) is 56.9 cm³/mol. The van der Waals surface area contributed by atoms with Gasteiger partial charge >= 0.3 is 0 Å². The average Bonchev–Trinajstić information content (AvgIpc) is 2.98. The minimum atomic E-state index is -1.04. The zero-order valence-electron chi connectivity index (χ0n) is 9.37. The maximum Gasteiger partial charge on any atom is 0.165 e. The van der Waals surface area contributed by atoms with Crippen LogP contribution in [0.1, 0.15) is 19.4 Å². The van der Waals surface area contributed by atoms with Gasteiger partial charge in [0.2, 0.25) is 0 Å². The molecule has 1 unspecified atom stereocenters. The first-order valence-electron chi connectivity index (χ1n) is 5.23. The van der Waals surface area contributed by atoms with Crippen LogP contribution in [0, 0.1) is 5.82 Å². The fourth-order valence-electron chi connectivity index (χ4n) is 1.35. The number of hydrogen-bond acceptors (Lipinski definition) is 3. The van der Waals surface area contributed by atoms with E-state index in [9.17, 15) is 9.50 Å². The summed E-state index contributed by atoms with van der Waals surface area (Å²) in [4.78, 5) is 0. The standard InChI is InChI=1S/C12H15FO3/c1-12(2,14)8-3-4-11(10(13)5-8)16-7-9-6-15-9/h3-5,9,14H,6-7H2,1-2H3. The first kappa shape index (κ1) is 11.4. The van der Waals surface area contributed by atoms with E-state index in [1.165, 1.54) is 12.1 Å². The Kier molecular flexibility index (Phi) is 2.86. The first-order valence-corrected chi connectivity index (χ1v) is 5.23. The van der Waals surface area contributed by atoms with Crippen molar-refractivity contribution in [1.82, 2.24) is 0 Å². The SMILES string of the molecule is CC(C)(O)c1ccc(OCC2CO2)c(F)c1. The van der Waals surface area contributed by atoms with Crippen LogP contribution in [-0.2, 0) is 10.3 Å². The van der Waals surface area contributed by atoms with Gasteiger partial charge in [0, 0.05) is 0 Å². The molecule has 0 aliphatic carbocycles. The largest absolute Gasteiger partial charge is 0.488 e. The summed E-state index contributed by atoms with van der Waals surface area (Å²) in [7, 11) is 0. The fraction of sp³-hybridized carbons (Fsp3) is 0.500. The van der Waals surface area contributed by atoms with Crippen molar-refractivity contribution < 1.29 is 19.0 Å². The Bertz CT molecular complexity index is 380. The van der Waals surface area contributed by atoms with Crippen LogP contribution in [0.2, 0.25) is 0 Å². The van der Waals surface area contributed by atoms with E-state index >= 15 is 0 Å². The lowest BCUT2D eigenvalue weighted by Crippen LogP contribution is -2.16. The van der Waals surface area contributed by atoms with E-state index in [-0.39, 0.29) is 11.9 Å². The van der Waals surface area contributed by atoms with Crippen molar-refractivity contribution in [3.05, 3.63) is 29.6 Å². The highest BCUT2D eigenvalue weighted by Crippen LogP contribution is 2.26. The molecule has 3 nitrogen and oxygen atoms in total. The number of benzene rings is 1. The maximum absolute atomic E-state index is 13.6. The molecule has 4 heteroatoms. The minimum absolute atomic E-state index is 0.105. The van der Waals surface area contributed by atoms with E-state index in [0.717, 1.165) is 0 Å². The van der Waals surface area contributed by atoms with Gasteiger partial charge in [-0.2, -0.15) is 0 Å². The van der Waals surface area contributed by atoms with Crippen LogP contribution in [0.4, 0.5) is 4.39 Å². The van der Waals surface area contributed by atoms with Gasteiger partial charge in [0.1, 0.15) is 12.7 Å². The van der Waals surface area contributed by atoms with Crippen LogP contribution in [0.15, 0.2) is 18.2 Å². The van der Waals surface area contributed by atoms with Crippen molar-refractivity contribution in [3.8, 4) is 5.75 Å². The minimum Gasteiger partial charge on any atom is -0.488 e. The Morgan fingerprint density at radius 2 is 2.25 bits per heavy atom. The van der Waals surface area contributed by atoms with Crippen LogP contribution in [0.25, 0.3) is 0 Å². The Balaban J connectivity index is 2.09. The zero-order chi connectivity index (χ0) is 11.8. The molecule has 88 valence electrons. The van der Waals surface area contributed by atoms with E-state index in [2.05, 4.69) is 0 Å². The molecule has 0 radical (unpaired) electrons. The molecule has 1 saturated heterocycles. The number of aliphatic hydroxyl groups is 1. The second-order valence-corrected chi connectivity index (χ2v) is 4.47. The molecular formula is C12H15FO3. The topological polar surface area (TPSA) is 42.0 Å². The van der Waals surface area contributed by atoms with Gasteiger partial charge < -0.3 is 14.6 Å².